The van der Waals surface area contributed by atoms with Crippen LogP contribution in [0.3, 0.4) is 0 Å². The summed E-state index contributed by atoms with van der Waals surface area (Å²) in [5, 5.41) is 0. The number of aliphatic imine (C=N–C) groups is 1. The number of aldehydes is 1. The SMILES string of the molecule is COC(=O)CCc1c(C=O)[nH]c(/C=C2/N=C(OC)CC2(C)C)c1CC(=O)OC. The van der Waals surface area contributed by atoms with Crippen molar-refractivity contribution < 1.29 is 28.6 Å². The predicted octanol–water partition coefficient (Wildman–Crippen LogP) is 2.46. The molecule has 1 aliphatic heterocycles. The summed E-state index contributed by atoms with van der Waals surface area (Å²) in [7, 11) is 4.18. The van der Waals surface area contributed by atoms with Gasteiger partial charge in [0.05, 0.1) is 39.1 Å². The summed E-state index contributed by atoms with van der Waals surface area (Å²) in [6, 6.07) is 0. The van der Waals surface area contributed by atoms with Gasteiger partial charge < -0.3 is 19.2 Å². The van der Waals surface area contributed by atoms with E-state index in [1.807, 2.05) is 19.9 Å². The van der Waals surface area contributed by atoms with Crippen molar-refractivity contribution in [2.24, 2.45) is 10.4 Å². The topological polar surface area (TPSA) is 107 Å². The number of rotatable bonds is 7. The van der Waals surface area contributed by atoms with Crippen molar-refractivity contribution in [2.75, 3.05) is 21.3 Å². The number of ether oxygens (including phenoxy) is 3. The smallest absolute Gasteiger partial charge is 0.310 e. The molecule has 2 heterocycles. The third kappa shape index (κ3) is 4.68. The van der Waals surface area contributed by atoms with E-state index in [0.29, 0.717) is 41.1 Å². The fraction of sp³-hybridized carbons (Fsp3) is 0.500. The Balaban J connectivity index is 2.53. The number of H-pyrrole nitrogens is 1. The summed E-state index contributed by atoms with van der Waals surface area (Å²) >= 11 is 0. The number of hydrogen-bond acceptors (Lipinski definition) is 7. The van der Waals surface area contributed by atoms with Crippen molar-refractivity contribution in [3.8, 4) is 0 Å². The van der Waals surface area contributed by atoms with E-state index in [4.69, 9.17) is 9.47 Å². The standard InChI is InChI=1S/C20H26N2O6/c1-20(2)10-17(26-3)22-16(20)9-14-13(8-19(25)28-5)12(15(11-23)21-14)6-7-18(24)27-4/h9,11,21H,6-8,10H2,1-5H3/b16-9+. The quantitative estimate of drug-likeness (QED) is 0.566. The minimum absolute atomic E-state index is 0.0300. The zero-order valence-corrected chi connectivity index (χ0v) is 16.9. The van der Waals surface area contributed by atoms with Gasteiger partial charge in [0.1, 0.15) is 0 Å². The largest absolute Gasteiger partial charge is 0.484 e. The van der Waals surface area contributed by atoms with E-state index in [1.165, 1.54) is 14.2 Å². The second kappa shape index (κ2) is 8.86. The first-order valence-electron chi connectivity index (χ1n) is 8.92. The number of nitrogens with one attached hydrogen (secondary N) is 1. The van der Waals surface area contributed by atoms with E-state index < -0.39 is 11.9 Å². The van der Waals surface area contributed by atoms with Gasteiger partial charge in [-0.05, 0) is 23.6 Å². The highest BCUT2D eigenvalue weighted by atomic mass is 16.5. The monoisotopic (exact) mass is 390 g/mol. The molecular weight excluding hydrogens is 364 g/mol. The molecule has 0 saturated heterocycles. The van der Waals surface area contributed by atoms with Crippen LogP contribution < -0.4 is 0 Å². The fourth-order valence-electron chi connectivity index (χ4n) is 3.15. The Morgan fingerprint density at radius 2 is 1.79 bits per heavy atom. The molecule has 0 amide bonds. The summed E-state index contributed by atoms with van der Waals surface area (Å²) in [5.74, 6) is -0.214. The van der Waals surface area contributed by atoms with Crippen molar-refractivity contribution >= 4 is 30.2 Å². The van der Waals surface area contributed by atoms with Crippen LogP contribution in [0.2, 0.25) is 0 Å². The molecule has 8 heteroatoms. The Labute approximate surface area is 164 Å². The van der Waals surface area contributed by atoms with Gasteiger partial charge in [0.25, 0.3) is 0 Å². The predicted molar refractivity (Wildman–Crippen MR) is 103 cm³/mol. The van der Waals surface area contributed by atoms with E-state index in [9.17, 15) is 14.4 Å². The lowest BCUT2D eigenvalue weighted by atomic mass is 9.87. The van der Waals surface area contributed by atoms with E-state index >= 15 is 0 Å². The van der Waals surface area contributed by atoms with E-state index in [2.05, 4.69) is 14.7 Å². The van der Waals surface area contributed by atoms with Crippen molar-refractivity contribution in [3.05, 3.63) is 28.2 Å². The molecule has 0 unspecified atom stereocenters. The third-order valence-corrected chi connectivity index (χ3v) is 4.81. The fourth-order valence-corrected chi connectivity index (χ4v) is 3.15. The zero-order chi connectivity index (χ0) is 20.9. The number of allylic oxidation sites excluding steroid dienone is 1. The highest BCUT2D eigenvalue weighted by Crippen LogP contribution is 2.39. The van der Waals surface area contributed by atoms with Crippen molar-refractivity contribution in [2.45, 2.75) is 39.5 Å². The summed E-state index contributed by atoms with van der Waals surface area (Å²) < 4.78 is 14.8. The molecule has 0 aliphatic carbocycles. The number of aromatic amines is 1. The first-order valence-corrected chi connectivity index (χ1v) is 8.92. The first-order chi connectivity index (χ1) is 13.2. The second-order valence-electron chi connectivity index (χ2n) is 7.16. The average Bonchev–Trinajstić information content (AvgIpc) is 3.15. The summed E-state index contributed by atoms with van der Waals surface area (Å²) in [4.78, 5) is 42.7. The summed E-state index contributed by atoms with van der Waals surface area (Å²) in [5.41, 5.74) is 2.64. The lowest BCUT2D eigenvalue weighted by Crippen LogP contribution is -2.12. The Hall–Kier alpha value is -2.90. The molecule has 1 aromatic heterocycles. The number of aromatic nitrogens is 1. The second-order valence-corrected chi connectivity index (χ2v) is 7.16. The van der Waals surface area contributed by atoms with Gasteiger partial charge in [0, 0.05) is 24.0 Å². The molecule has 0 bridgehead atoms. The molecule has 0 fully saturated rings. The number of hydrogen-bond donors (Lipinski definition) is 1. The summed E-state index contributed by atoms with van der Waals surface area (Å²) in [6.45, 7) is 4.08. The average molecular weight is 390 g/mol. The van der Waals surface area contributed by atoms with Crippen LogP contribution >= 0.6 is 0 Å². The van der Waals surface area contributed by atoms with Crippen molar-refractivity contribution in [1.82, 2.24) is 4.98 Å². The van der Waals surface area contributed by atoms with Gasteiger partial charge >= 0.3 is 11.9 Å². The van der Waals surface area contributed by atoms with Gasteiger partial charge in [-0.3, -0.25) is 14.4 Å². The van der Waals surface area contributed by atoms with Crippen LogP contribution in [0.15, 0.2) is 10.7 Å². The molecule has 28 heavy (non-hydrogen) atoms. The molecule has 0 atom stereocenters. The number of esters is 2. The van der Waals surface area contributed by atoms with Gasteiger partial charge in [-0.25, -0.2) is 4.99 Å². The molecule has 0 saturated carbocycles. The maximum atomic E-state index is 12.0. The normalized spacial score (nSPS) is 16.6. The minimum Gasteiger partial charge on any atom is -0.484 e. The highest BCUT2D eigenvalue weighted by Gasteiger charge is 2.33. The molecule has 0 radical (unpaired) electrons. The third-order valence-electron chi connectivity index (χ3n) is 4.81. The van der Waals surface area contributed by atoms with Crippen LogP contribution in [0.1, 0.15) is 54.0 Å². The van der Waals surface area contributed by atoms with Crippen LogP contribution in [0.4, 0.5) is 0 Å². The molecule has 1 aromatic rings. The van der Waals surface area contributed by atoms with Crippen LogP contribution in [-0.2, 0) is 36.6 Å². The Morgan fingerprint density at radius 1 is 1.11 bits per heavy atom. The van der Waals surface area contributed by atoms with Gasteiger partial charge in [-0.2, -0.15) is 0 Å². The van der Waals surface area contributed by atoms with E-state index in [1.54, 1.807) is 7.11 Å². The molecule has 1 aliphatic rings. The number of carbonyl (C=O) groups excluding carboxylic acids is 3. The molecule has 0 spiro atoms. The van der Waals surface area contributed by atoms with Crippen LogP contribution in [0.5, 0.6) is 0 Å². The maximum absolute atomic E-state index is 12.0. The van der Waals surface area contributed by atoms with Crippen molar-refractivity contribution in [1.29, 1.82) is 0 Å². The molecule has 8 nitrogen and oxygen atoms in total. The number of methoxy groups -OCH3 is 3. The molecule has 2 rings (SSSR count). The Kier molecular flexibility index (Phi) is 6.77. The van der Waals surface area contributed by atoms with Gasteiger partial charge in [0.15, 0.2) is 12.2 Å². The maximum Gasteiger partial charge on any atom is 0.310 e. The molecule has 152 valence electrons. The minimum atomic E-state index is -0.442. The lowest BCUT2D eigenvalue weighted by Gasteiger charge is -2.17. The lowest BCUT2D eigenvalue weighted by molar-refractivity contribution is -0.140. The molecular formula is C20H26N2O6. The van der Waals surface area contributed by atoms with E-state index in [0.717, 1.165) is 5.70 Å². The number of nitrogens with zero attached hydrogens (tertiary/aromatic N) is 1. The molecule has 0 aromatic carbocycles. The van der Waals surface area contributed by atoms with Crippen LogP contribution in [0.25, 0.3) is 6.08 Å². The van der Waals surface area contributed by atoms with Gasteiger partial charge in [0.2, 0.25) is 0 Å². The zero-order valence-electron chi connectivity index (χ0n) is 16.9. The van der Waals surface area contributed by atoms with E-state index in [-0.39, 0.29) is 24.7 Å². The van der Waals surface area contributed by atoms with Gasteiger partial charge in [-0.1, -0.05) is 13.8 Å². The summed E-state index contributed by atoms with van der Waals surface area (Å²) in [6.07, 6.45) is 3.48. The van der Waals surface area contributed by atoms with Crippen molar-refractivity contribution in [3.63, 3.8) is 0 Å². The number of carbonyl (C=O) groups is 3. The first kappa shape index (κ1) is 21.4. The van der Waals surface area contributed by atoms with Crippen LogP contribution in [0, 0.1) is 5.41 Å². The Morgan fingerprint density at radius 3 is 2.32 bits per heavy atom. The highest BCUT2D eigenvalue weighted by molar-refractivity contribution is 5.85. The molecule has 1 N–H and O–H groups in total. The van der Waals surface area contributed by atoms with Gasteiger partial charge in [-0.15, -0.1) is 0 Å². The van der Waals surface area contributed by atoms with Crippen LogP contribution in [-0.4, -0.2) is 50.4 Å². The Bertz CT molecular complexity index is 832.